The second kappa shape index (κ2) is 5.44. The van der Waals surface area contributed by atoms with E-state index in [2.05, 4.69) is 10.3 Å². The predicted octanol–water partition coefficient (Wildman–Crippen LogP) is 2.01. The number of rotatable bonds is 4. The topological polar surface area (TPSA) is 46.9 Å². The maximum Gasteiger partial charge on any atom is 0.293 e. The van der Waals surface area contributed by atoms with Crippen molar-refractivity contribution in [1.29, 1.82) is 0 Å². The average Bonchev–Trinajstić information content (AvgIpc) is 2.39. The molecule has 2 rings (SSSR count). The summed E-state index contributed by atoms with van der Waals surface area (Å²) in [6, 6.07) is 6.12. The lowest BCUT2D eigenvalue weighted by atomic mass is 10.2. The van der Waals surface area contributed by atoms with Crippen molar-refractivity contribution in [3.8, 4) is 0 Å². The minimum atomic E-state index is -0.273. The van der Waals surface area contributed by atoms with Crippen LogP contribution in [0.1, 0.15) is 12.5 Å². The molecule has 1 aromatic carbocycles. The molecule has 0 aliphatic rings. The zero-order chi connectivity index (χ0) is 13.0. The van der Waals surface area contributed by atoms with Crippen LogP contribution in [0.3, 0.4) is 0 Å². The Morgan fingerprint density at radius 1 is 1.33 bits per heavy atom. The number of nitrogens with one attached hydrogen (secondary N) is 1. The van der Waals surface area contributed by atoms with Gasteiger partial charge in [-0.25, -0.2) is 9.37 Å². The molecule has 0 saturated heterocycles. The van der Waals surface area contributed by atoms with E-state index in [1.807, 2.05) is 6.92 Å². The van der Waals surface area contributed by atoms with Gasteiger partial charge >= 0.3 is 0 Å². The Bertz CT molecular complexity index is 578. The van der Waals surface area contributed by atoms with Crippen molar-refractivity contribution >= 4 is 5.82 Å². The number of nitrogens with zero attached hydrogens (tertiary/aromatic N) is 2. The van der Waals surface area contributed by atoms with E-state index in [0.29, 0.717) is 18.9 Å². The lowest BCUT2D eigenvalue weighted by Gasteiger charge is -2.07. The largest absolute Gasteiger partial charge is 0.361 e. The molecule has 0 atom stereocenters. The van der Waals surface area contributed by atoms with Gasteiger partial charge in [0.25, 0.3) is 5.56 Å². The first-order valence-corrected chi connectivity index (χ1v) is 5.74. The quantitative estimate of drug-likeness (QED) is 0.899. The zero-order valence-electron chi connectivity index (χ0n) is 10.1. The molecule has 94 valence electrons. The summed E-state index contributed by atoms with van der Waals surface area (Å²) in [7, 11) is 0. The SMILES string of the molecule is CCn1ccnc(NCc2ccc(F)cc2)c1=O. The molecule has 0 aliphatic carbocycles. The fourth-order valence-corrected chi connectivity index (χ4v) is 1.61. The van der Waals surface area contributed by atoms with Gasteiger partial charge in [-0.15, -0.1) is 0 Å². The number of hydrogen-bond acceptors (Lipinski definition) is 3. The predicted molar refractivity (Wildman–Crippen MR) is 67.9 cm³/mol. The highest BCUT2D eigenvalue weighted by atomic mass is 19.1. The van der Waals surface area contributed by atoms with Gasteiger partial charge < -0.3 is 9.88 Å². The van der Waals surface area contributed by atoms with E-state index in [1.54, 1.807) is 29.1 Å². The third-order valence-electron chi connectivity index (χ3n) is 2.63. The van der Waals surface area contributed by atoms with Crippen molar-refractivity contribution in [3.05, 3.63) is 58.4 Å². The Kier molecular flexibility index (Phi) is 3.72. The van der Waals surface area contributed by atoms with Crippen molar-refractivity contribution in [3.63, 3.8) is 0 Å². The zero-order valence-corrected chi connectivity index (χ0v) is 10.1. The molecule has 0 amide bonds. The van der Waals surface area contributed by atoms with Crippen LogP contribution >= 0.6 is 0 Å². The third-order valence-corrected chi connectivity index (χ3v) is 2.63. The van der Waals surface area contributed by atoms with Crippen LogP contribution in [0.4, 0.5) is 10.2 Å². The number of benzene rings is 1. The fourth-order valence-electron chi connectivity index (χ4n) is 1.61. The summed E-state index contributed by atoms with van der Waals surface area (Å²) in [4.78, 5) is 15.9. The highest BCUT2D eigenvalue weighted by Crippen LogP contribution is 2.04. The first-order chi connectivity index (χ1) is 8.70. The summed E-state index contributed by atoms with van der Waals surface area (Å²) in [6.07, 6.45) is 3.23. The molecule has 0 saturated carbocycles. The van der Waals surface area contributed by atoms with Gasteiger partial charge in [0.05, 0.1) is 0 Å². The van der Waals surface area contributed by atoms with Crippen LogP contribution in [-0.4, -0.2) is 9.55 Å². The molecule has 1 aromatic heterocycles. The molecule has 1 heterocycles. The summed E-state index contributed by atoms with van der Waals surface area (Å²) in [5.74, 6) is 0.0357. The van der Waals surface area contributed by atoms with Crippen LogP contribution in [0.15, 0.2) is 41.5 Å². The summed E-state index contributed by atoms with van der Waals surface area (Å²) < 4.78 is 14.3. The van der Waals surface area contributed by atoms with Crippen molar-refractivity contribution in [2.24, 2.45) is 0 Å². The van der Waals surface area contributed by atoms with Gasteiger partial charge in [0.1, 0.15) is 5.82 Å². The van der Waals surface area contributed by atoms with Crippen molar-refractivity contribution in [1.82, 2.24) is 9.55 Å². The monoisotopic (exact) mass is 247 g/mol. The van der Waals surface area contributed by atoms with Gasteiger partial charge in [0.2, 0.25) is 0 Å². The molecule has 0 fully saturated rings. The van der Waals surface area contributed by atoms with Gasteiger partial charge in [-0.2, -0.15) is 0 Å². The highest BCUT2D eigenvalue weighted by Gasteiger charge is 2.03. The Morgan fingerprint density at radius 3 is 2.72 bits per heavy atom. The van der Waals surface area contributed by atoms with E-state index in [1.165, 1.54) is 12.1 Å². The molecule has 18 heavy (non-hydrogen) atoms. The first-order valence-electron chi connectivity index (χ1n) is 5.74. The van der Waals surface area contributed by atoms with Crippen LogP contribution < -0.4 is 10.9 Å². The Morgan fingerprint density at radius 2 is 2.06 bits per heavy atom. The van der Waals surface area contributed by atoms with Gasteiger partial charge in [-0.1, -0.05) is 12.1 Å². The van der Waals surface area contributed by atoms with Gasteiger partial charge in [-0.05, 0) is 24.6 Å². The van der Waals surface area contributed by atoms with Crippen molar-refractivity contribution < 1.29 is 4.39 Å². The maximum atomic E-state index is 12.7. The molecule has 0 aliphatic heterocycles. The van der Waals surface area contributed by atoms with Crippen LogP contribution in [-0.2, 0) is 13.1 Å². The van der Waals surface area contributed by atoms with E-state index in [0.717, 1.165) is 5.56 Å². The molecule has 4 nitrogen and oxygen atoms in total. The van der Waals surface area contributed by atoms with Gasteiger partial charge in [-0.3, -0.25) is 4.79 Å². The molecule has 0 unspecified atom stereocenters. The summed E-state index contributed by atoms with van der Waals surface area (Å²) in [5.41, 5.74) is 0.742. The van der Waals surface area contributed by atoms with E-state index >= 15 is 0 Å². The molecule has 1 N–H and O–H groups in total. The number of halogens is 1. The Balaban J connectivity index is 2.11. The van der Waals surface area contributed by atoms with E-state index in [4.69, 9.17) is 0 Å². The fraction of sp³-hybridized carbons (Fsp3) is 0.231. The van der Waals surface area contributed by atoms with Crippen LogP contribution in [0.5, 0.6) is 0 Å². The number of hydrogen-bond donors (Lipinski definition) is 1. The Labute approximate surface area is 104 Å². The first kappa shape index (κ1) is 12.3. The van der Waals surface area contributed by atoms with Crippen LogP contribution in [0.2, 0.25) is 0 Å². The summed E-state index contributed by atoms with van der Waals surface area (Å²) >= 11 is 0. The third kappa shape index (κ3) is 2.74. The van der Waals surface area contributed by atoms with Crippen LogP contribution in [0, 0.1) is 5.82 Å². The molecule has 5 heteroatoms. The van der Waals surface area contributed by atoms with E-state index in [-0.39, 0.29) is 11.4 Å². The second-order valence-corrected chi connectivity index (χ2v) is 3.85. The average molecular weight is 247 g/mol. The van der Waals surface area contributed by atoms with E-state index in [9.17, 15) is 9.18 Å². The maximum absolute atomic E-state index is 12.7. The number of aromatic nitrogens is 2. The van der Waals surface area contributed by atoms with E-state index < -0.39 is 0 Å². The molecule has 0 bridgehead atoms. The molecule has 0 spiro atoms. The number of aryl methyl sites for hydroxylation is 1. The van der Waals surface area contributed by atoms with Crippen molar-refractivity contribution in [2.45, 2.75) is 20.0 Å². The standard InChI is InChI=1S/C13H14FN3O/c1-2-17-8-7-15-12(13(17)18)16-9-10-3-5-11(14)6-4-10/h3-8H,2,9H2,1H3,(H,15,16). The second-order valence-electron chi connectivity index (χ2n) is 3.85. The van der Waals surface area contributed by atoms with Crippen LogP contribution in [0.25, 0.3) is 0 Å². The lowest BCUT2D eigenvalue weighted by Crippen LogP contribution is -2.23. The van der Waals surface area contributed by atoms with Crippen molar-refractivity contribution in [2.75, 3.05) is 5.32 Å². The Hall–Kier alpha value is -2.17. The van der Waals surface area contributed by atoms with Gasteiger partial charge in [0, 0.05) is 25.5 Å². The normalized spacial score (nSPS) is 10.3. The van der Waals surface area contributed by atoms with Gasteiger partial charge in [0.15, 0.2) is 5.82 Å². The molecule has 2 aromatic rings. The summed E-state index contributed by atoms with van der Waals surface area (Å²) in [5, 5.41) is 2.96. The summed E-state index contributed by atoms with van der Waals surface area (Å²) in [6.45, 7) is 2.94. The minimum absolute atomic E-state index is 0.151. The lowest BCUT2D eigenvalue weighted by molar-refractivity contribution is 0.627. The molecular formula is C13H14FN3O. The molecule has 0 radical (unpaired) electrons. The highest BCUT2D eigenvalue weighted by molar-refractivity contribution is 5.32. The molecular weight excluding hydrogens is 233 g/mol. The smallest absolute Gasteiger partial charge is 0.293 e. The minimum Gasteiger partial charge on any atom is -0.361 e. The number of anilines is 1.